The minimum Gasteiger partial charge on any atom is -0.466 e. The largest absolute Gasteiger partial charge is 0.466 e. The molecule has 2 atom stereocenters. The molecule has 0 aromatic carbocycles. The Hall–Kier alpha value is -1.06. The summed E-state index contributed by atoms with van der Waals surface area (Å²) in [6.45, 7) is 9.97. The number of hydrogen-bond donors (Lipinski definition) is 0. The van der Waals surface area contributed by atoms with Gasteiger partial charge in [0.05, 0.1) is 19.1 Å². The number of carbonyl (C=O) groups excluding carboxylic acids is 2. The highest BCUT2D eigenvalue weighted by molar-refractivity contribution is 5.72. The molecule has 214 valence electrons. The Morgan fingerprint density at radius 3 is 1.53 bits per heavy atom. The number of ether oxygens (including phenoxy) is 2. The quantitative estimate of drug-likeness (QED) is 0.0814. The molecule has 0 rings (SSSR count). The zero-order chi connectivity index (χ0) is 26.7. The van der Waals surface area contributed by atoms with E-state index in [0.717, 1.165) is 44.9 Å². The van der Waals surface area contributed by atoms with Crippen molar-refractivity contribution in [2.75, 3.05) is 13.2 Å². The SMILES string of the molecule is CCCCCCCCOC(=O)CCCCCCCCC(CC)C(CC)C(=O)OCCCCCCCC. The van der Waals surface area contributed by atoms with Crippen LogP contribution >= 0.6 is 0 Å². The van der Waals surface area contributed by atoms with Crippen molar-refractivity contribution in [1.82, 2.24) is 0 Å². The first-order chi connectivity index (χ1) is 17.6. The number of unbranched alkanes of at least 4 members (excludes halogenated alkanes) is 15. The second kappa shape index (κ2) is 27.0. The van der Waals surface area contributed by atoms with Crippen LogP contribution in [0.4, 0.5) is 0 Å². The summed E-state index contributed by atoms with van der Waals surface area (Å²) < 4.78 is 11.0. The molecule has 0 bridgehead atoms. The monoisotopic (exact) mass is 510 g/mol. The van der Waals surface area contributed by atoms with Crippen molar-refractivity contribution in [3.05, 3.63) is 0 Å². The number of esters is 2. The van der Waals surface area contributed by atoms with Gasteiger partial charge in [0, 0.05) is 6.42 Å². The Kier molecular flexibility index (Phi) is 26.2. The first-order valence-electron chi connectivity index (χ1n) is 15.9. The van der Waals surface area contributed by atoms with Gasteiger partial charge in [-0.1, -0.05) is 130 Å². The third kappa shape index (κ3) is 21.1. The lowest BCUT2D eigenvalue weighted by Gasteiger charge is -2.23. The molecule has 0 heterocycles. The van der Waals surface area contributed by atoms with Gasteiger partial charge in [-0.05, 0) is 38.0 Å². The third-order valence-corrected chi connectivity index (χ3v) is 7.54. The molecule has 0 saturated heterocycles. The molecule has 0 aliphatic heterocycles. The van der Waals surface area contributed by atoms with Gasteiger partial charge < -0.3 is 9.47 Å². The highest BCUT2D eigenvalue weighted by atomic mass is 16.5. The zero-order valence-electron chi connectivity index (χ0n) is 24.8. The lowest BCUT2D eigenvalue weighted by atomic mass is 9.84. The van der Waals surface area contributed by atoms with Crippen molar-refractivity contribution >= 4 is 11.9 Å². The van der Waals surface area contributed by atoms with Gasteiger partial charge in [0.25, 0.3) is 0 Å². The molecular formula is C32H62O4. The summed E-state index contributed by atoms with van der Waals surface area (Å²) in [5.74, 6) is 0.496. The minimum absolute atomic E-state index is 0.0247. The number of carbonyl (C=O) groups is 2. The molecule has 0 aliphatic carbocycles. The van der Waals surface area contributed by atoms with E-state index in [2.05, 4.69) is 27.7 Å². The number of hydrogen-bond acceptors (Lipinski definition) is 4. The number of rotatable bonds is 27. The van der Waals surface area contributed by atoms with E-state index in [1.807, 2.05) is 0 Å². The fourth-order valence-electron chi connectivity index (χ4n) is 5.07. The van der Waals surface area contributed by atoms with Gasteiger partial charge >= 0.3 is 11.9 Å². The van der Waals surface area contributed by atoms with Crippen LogP contribution in [0.3, 0.4) is 0 Å². The molecule has 0 N–H and O–H groups in total. The van der Waals surface area contributed by atoms with E-state index in [-0.39, 0.29) is 17.9 Å². The standard InChI is InChI=1S/C32H62O4/c1-5-9-11-13-19-23-27-35-31(33)26-22-18-16-15-17-21-25-29(7-3)30(8-4)32(34)36-28-24-20-14-12-10-6-2/h29-30H,5-28H2,1-4H3. The molecule has 36 heavy (non-hydrogen) atoms. The highest BCUT2D eigenvalue weighted by Crippen LogP contribution is 2.27. The van der Waals surface area contributed by atoms with E-state index in [0.29, 0.717) is 25.6 Å². The summed E-state index contributed by atoms with van der Waals surface area (Å²) in [5.41, 5.74) is 0. The summed E-state index contributed by atoms with van der Waals surface area (Å²) >= 11 is 0. The Labute approximate surface area is 225 Å². The maximum atomic E-state index is 12.6. The maximum absolute atomic E-state index is 12.6. The van der Waals surface area contributed by atoms with Gasteiger partial charge in [-0.3, -0.25) is 9.59 Å². The second-order valence-corrected chi connectivity index (χ2v) is 10.8. The van der Waals surface area contributed by atoms with Gasteiger partial charge in [0.15, 0.2) is 0 Å². The van der Waals surface area contributed by atoms with Crippen LogP contribution in [0.2, 0.25) is 0 Å². The molecule has 0 amide bonds. The van der Waals surface area contributed by atoms with Crippen LogP contribution in [0.15, 0.2) is 0 Å². The van der Waals surface area contributed by atoms with Crippen molar-refractivity contribution in [3.63, 3.8) is 0 Å². The average molecular weight is 511 g/mol. The van der Waals surface area contributed by atoms with E-state index in [1.165, 1.54) is 89.9 Å². The Bertz CT molecular complexity index is 491. The fraction of sp³-hybridized carbons (Fsp3) is 0.938. The van der Waals surface area contributed by atoms with Gasteiger partial charge in [-0.25, -0.2) is 0 Å². The average Bonchev–Trinajstić information content (AvgIpc) is 2.88. The molecule has 4 heteroatoms. The van der Waals surface area contributed by atoms with Crippen molar-refractivity contribution in [3.8, 4) is 0 Å². The Morgan fingerprint density at radius 1 is 0.528 bits per heavy atom. The zero-order valence-corrected chi connectivity index (χ0v) is 24.8. The Balaban J connectivity index is 3.77. The van der Waals surface area contributed by atoms with Crippen LogP contribution in [0, 0.1) is 11.8 Å². The summed E-state index contributed by atoms with van der Waals surface area (Å²) in [6, 6.07) is 0. The molecule has 0 aromatic rings. The molecular weight excluding hydrogens is 448 g/mol. The predicted molar refractivity (Wildman–Crippen MR) is 153 cm³/mol. The van der Waals surface area contributed by atoms with E-state index < -0.39 is 0 Å². The molecule has 0 spiro atoms. The maximum Gasteiger partial charge on any atom is 0.309 e. The van der Waals surface area contributed by atoms with E-state index >= 15 is 0 Å². The Morgan fingerprint density at radius 2 is 1.00 bits per heavy atom. The molecule has 0 radical (unpaired) electrons. The highest BCUT2D eigenvalue weighted by Gasteiger charge is 2.26. The van der Waals surface area contributed by atoms with Crippen LogP contribution in [0.25, 0.3) is 0 Å². The summed E-state index contributed by atoms with van der Waals surface area (Å²) in [7, 11) is 0. The smallest absolute Gasteiger partial charge is 0.309 e. The van der Waals surface area contributed by atoms with Crippen LogP contribution in [-0.2, 0) is 19.1 Å². The topological polar surface area (TPSA) is 52.6 Å². The first kappa shape index (κ1) is 34.9. The van der Waals surface area contributed by atoms with Crippen LogP contribution in [0.5, 0.6) is 0 Å². The van der Waals surface area contributed by atoms with Crippen molar-refractivity contribution in [1.29, 1.82) is 0 Å². The molecule has 0 aromatic heterocycles. The van der Waals surface area contributed by atoms with Gasteiger partial charge in [0.2, 0.25) is 0 Å². The van der Waals surface area contributed by atoms with Crippen LogP contribution in [0.1, 0.15) is 169 Å². The third-order valence-electron chi connectivity index (χ3n) is 7.54. The lowest BCUT2D eigenvalue weighted by Crippen LogP contribution is -2.25. The van der Waals surface area contributed by atoms with E-state index in [4.69, 9.17) is 9.47 Å². The summed E-state index contributed by atoms with van der Waals surface area (Å²) in [6.07, 6.45) is 25.0. The van der Waals surface area contributed by atoms with E-state index in [9.17, 15) is 9.59 Å². The fourth-order valence-corrected chi connectivity index (χ4v) is 5.07. The molecule has 0 aliphatic rings. The van der Waals surface area contributed by atoms with Crippen molar-refractivity contribution < 1.29 is 19.1 Å². The summed E-state index contributed by atoms with van der Waals surface area (Å²) in [4.78, 5) is 24.5. The normalized spacial score (nSPS) is 12.9. The lowest BCUT2D eigenvalue weighted by molar-refractivity contribution is -0.151. The van der Waals surface area contributed by atoms with Crippen LogP contribution < -0.4 is 0 Å². The van der Waals surface area contributed by atoms with Crippen molar-refractivity contribution in [2.24, 2.45) is 11.8 Å². The summed E-state index contributed by atoms with van der Waals surface area (Å²) in [5, 5.41) is 0. The van der Waals surface area contributed by atoms with Crippen molar-refractivity contribution in [2.45, 2.75) is 169 Å². The van der Waals surface area contributed by atoms with Crippen LogP contribution in [-0.4, -0.2) is 25.2 Å². The minimum atomic E-state index is -0.0247. The van der Waals surface area contributed by atoms with Gasteiger partial charge in [-0.2, -0.15) is 0 Å². The van der Waals surface area contributed by atoms with Gasteiger partial charge in [-0.15, -0.1) is 0 Å². The molecule has 0 fully saturated rings. The molecule has 4 nitrogen and oxygen atoms in total. The first-order valence-corrected chi connectivity index (χ1v) is 15.9. The second-order valence-electron chi connectivity index (χ2n) is 10.8. The van der Waals surface area contributed by atoms with E-state index in [1.54, 1.807) is 0 Å². The molecule has 2 unspecified atom stereocenters. The molecule has 0 saturated carbocycles. The van der Waals surface area contributed by atoms with Gasteiger partial charge in [0.1, 0.15) is 0 Å². The predicted octanol–water partition coefficient (Wildman–Crippen LogP) is 9.97.